The largest absolute Gasteiger partial charge is 0.329 e. The molecule has 5 nitrogen and oxygen atoms in total. The Morgan fingerprint density at radius 3 is 2.61 bits per heavy atom. The van der Waals surface area contributed by atoms with Crippen molar-refractivity contribution in [1.29, 1.82) is 0 Å². The summed E-state index contributed by atoms with van der Waals surface area (Å²) >= 11 is 0. The molecular weight excluding hydrogens is 230 g/mol. The van der Waals surface area contributed by atoms with Crippen molar-refractivity contribution < 1.29 is 9.59 Å². The molecule has 0 aromatic heterocycles. The second-order valence-corrected chi connectivity index (χ2v) is 5.84. The van der Waals surface area contributed by atoms with Gasteiger partial charge in [-0.15, -0.1) is 0 Å². The first kappa shape index (κ1) is 12.0. The summed E-state index contributed by atoms with van der Waals surface area (Å²) in [6.45, 7) is 1.09. The third kappa shape index (κ3) is 2.00. The fourth-order valence-corrected chi connectivity index (χ4v) is 3.76. The van der Waals surface area contributed by atoms with Crippen molar-refractivity contribution in [2.24, 2.45) is 0 Å². The number of urea groups is 1. The fourth-order valence-electron chi connectivity index (χ4n) is 3.76. The van der Waals surface area contributed by atoms with Gasteiger partial charge < -0.3 is 10.6 Å². The van der Waals surface area contributed by atoms with Gasteiger partial charge in [-0.05, 0) is 32.2 Å². The maximum absolute atomic E-state index is 11.8. The van der Waals surface area contributed by atoms with Crippen LogP contribution in [-0.4, -0.2) is 41.5 Å². The van der Waals surface area contributed by atoms with Crippen LogP contribution in [0.25, 0.3) is 0 Å². The van der Waals surface area contributed by atoms with E-state index >= 15 is 0 Å². The molecule has 1 spiro atoms. The first-order chi connectivity index (χ1) is 8.70. The maximum atomic E-state index is 11.8. The Labute approximate surface area is 107 Å². The Balaban J connectivity index is 1.73. The zero-order valence-electron chi connectivity index (χ0n) is 10.7. The number of nitrogens with one attached hydrogen (secondary N) is 2. The zero-order valence-corrected chi connectivity index (χ0v) is 10.7. The third-order valence-electron chi connectivity index (χ3n) is 4.66. The minimum absolute atomic E-state index is 0.0575. The number of imide groups is 1. The Hall–Kier alpha value is -1.10. The van der Waals surface area contributed by atoms with Crippen molar-refractivity contribution in [3.63, 3.8) is 0 Å². The first-order valence-electron chi connectivity index (χ1n) is 7.05. The molecule has 1 aliphatic carbocycles. The van der Waals surface area contributed by atoms with Crippen LogP contribution in [0, 0.1) is 0 Å². The molecule has 2 heterocycles. The number of nitrogens with zero attached hydrogens (tertiary/aromatic N) is 1. The van der Waals surface area contributed by atoms with Crippen LogP contribution >= 0.6 is 0 Å². The summed E-state index contributed by atoms with van der Waals surface area (Å²) in [6.07, 6.45) is 8.05. The molecule has 1 saturated carbocycles. The van der Waals surface area contributed by atoms with Crippen molar-refractivity contribution in [2.45, 2.75) is 56.5 Å². The van der Waals surface area contributed by atoms with E-state index in [2.05, 4.69) is 10.6 Å². The summed E-state index contributed by atoms with van der Waals surface area (Å²) in [7, 11) is 0. The van der Waals surface area contributed by atoms with Crippen LogP contribution in [0.1, 0.15) is 44.9 Å². The molecule has 100 valence electrons. The molecule has 3 rings (SSSR count). The third-order valence-corrected chi connectivity index (χ3v) is 4.66. The number of piperidine rings is 1. The van der Waals surface area contributed by atoms with Gasteiger partial charge in [0.15, 0.2) is 0 Å². The van der Waals surface area contributed by atoms with E-state index in [9.17, 15) is 9.59 Å². The van der Waals surface area contributed by atoms with E-state index in [-0.39, 0.29) is 30.1 Å². The van der Waals surface area contributed by atoms with Gasteiger partial charge in [0.2, 0.25) is 5.91 Å². The molecule has 0 aromatic rings. The first-order valence-corrected chi connectivity index (χ1v) is 7.05. The van der Waals surface area contributed by atoms with Gasteiger partial charge in [0.25, 0.3) is 0 Å². The molecule has 2 aliphatic heterocycles. The van der Waals surface area contributed by atoms with Crippen molar-refractivity contribution in [2.75, 3.05) is 13.1 Å². The molecule has 0 radical (unpaired) electrons. The maximum Gasteiger partial charge on any atom is 0.324 e. The second kappa shape index (κ2) is 4.53. The molecule has 3 aliphatic rings. The van der Waals surface area contributed by atoms with Crippen molar-refractivity contribution in [3.8, 4) is 0 Å². The monoisotopic (exact) mass is 251 g/mol. The summed E-state index contributed by atoms with van der Waals surface area (Å²) in [5, 5.41) is 6.27. The quantitative estimate of drug-likeness (QED) is 0.683. The number of carbonyl (C=O) groups excluding carboxylic acids is 2. The van der Waals surface area contributed by atoms with Gasteiger partial charge in [0, 0.05) is 11.6 Å². The average molecular weight is 251 g/mol. The zero-order chi connectivity index (χ0) is 12.6. The minimum Gasteiger partial charge on any atom is -0.329 e. The highest BCUT2D eigenvalue weighted by molar-refractivity contribution is 6.02. The van der Waals surface area contributed by atoms with E-state index in [1.54, 1.807) is 0 Å². The summed E-state index contributed by atoms with van der Waals surface area (Å²) in [5.41, 5.74) is 0.185. The van der Waals surface area contributed by atoms with Gasteiger partial charge in [0.1, 0.15) is 0 Å². The highest BCUT2D eigenvalue weighted by Crippen LogP contribution is 2.36. The summed E-state index contributed by atoms with van der Waals surface area (Å²) in [5.74, 6) is -0.0575. The van der Waals surface area contributed by atoms with Crippen LogP contribution in [0.3, 0.4) is 0 Å². The van der Waals surface area contributed by atoms with Crippen LogP contribution in [0.2, 0.25) is 0 Å². The van der Waals surface area contributed by atoms with Gasteiger partial charge in [-0.1, -0.05) is 19.3 Å². The molecule has 0 aromatic carbocycles. The molecule has 18 heavy (non-hydrogen) atoms. The molecule has 1 unspecified atom stereocenters. The van der Waals surface area contributed by atoms with Gasteiger partial charge in [0.05, 0.1) is 6.54 Å². The van der Waals surface area contributed by atoms with E-state index in [1.807, 2.05) is 0 Å². The molecule has 0 bridgehead atoms. The van der Waals surface area contributed by atoms with E-state index in [0.29, 0.717) is 0 Å². The number of amides is 3. The fraction of sp³-hybridized carbons (Fsp3) is 0.846. The van der Waals surface area contributed by atoms with Crippen molar-refractivity contribution >= 4 is 11.9 Å². The van der Waals surface area contributed by atoms with Crippen molar-refractivity contribution in [1.82, 2.24) is 15.5 Å². The number of carbonyl (C=O) groups is 2. The Kier molecular flexibility index (Phi) is 3.01. The number of hydrogen-bond donors (Lipinski definition) is 2. The van der Waals surface area contributed by atoms with Crippen LogP contribution in [-0.2, 0) is 4.79 Å². The lowest BCUT2D eigenvalue weighted by Gasteiger charge is -2.46. The highest BCUT2D eigenvalue weighted by Gasteiger charge is 2.43. The SMILES string of the molecule is O=C1CNC(=O)N1C1CCNC2(CCCCC2)C1. The molecule has 5 heteroatoms. The van der Waals surface area contributed by atoms with Gasteiger partial charge in [-0.2, -0.15) is 0 Å². The van der Waals surface area contributed by atoms with Crippen LogP contribution < -0.4 is 10.6 Å². The lowest BCUT2D eigenvalue weighted by Crippen LogP contribution is -2.58. The number of rotatable bonds is 1. The van der Waals surface area contributed by atoms with E-state index in [4.69, 9.17) is 0 Å². The molecule has 3 amide bonds. The standard InChI is InChI=1S/C13H21N3O2/c17-11-9-14-12(18)16(11)10-4-7-15-13(8-10)5-2-1-3-6-13/h10,15H,1-9H2,(H,14,18). The molecule has 3 fully saturated rings. The number of hydrogen-bond acceptors (Lipinski definition) is 3. The predicted molar refractivity (Wildman–Crippen MR) is 67.1 cm³/mol. The molecular formula is C13H21N3O2. The van der Waals surface area contributed by atoms with E-state index in [0.717, 1.165) is 19.4 Å². The molecule has 1 atom stereocenters. The summed E-state index contributed by atoms with van der Waals surface area (Å²) in [4.78, 5) is 25.0. The highest BCUT2D eigenvalue weighted by atomic mass is 16.2. The molecule has 2 saturated heterocycles. The average Bonchev–Trinajstić information content (AvgIpc) is 2.70. The lowest BCUT2D eigenvalue weighted by molar-refractivity contribution is -0.127. The van der Waals surface area contributed by atoms with Crippen LogP contribution in [0.4, 0.5) is 4.79 Å². The van der Waals surface area contributed by atoms with Crippen LogP contribution in [0.15, 0.2) is 0 Å². The van der Waals surface area contributed by atoms with Gasteiger partial charge >= 0.3 is 6.03 Å². The van der Waals surface area contributed by atoms with Gasteiger partial charge in [-0.3, -0.25) is 9.69 Å². The molecule has 2 N–H and O–H groups in total. The smallest absolute Gasteiger partial charge is 0.324 e. The normalized spacial score (nSPS) is 31.8. The summed E-state index contributed by atoms with van der Waals surface area (Å²) in [6, 6.07) is -0.0998. The Morgan fingerprint density at radius 2 is 1.94 bits per heavy atom. The van der Waals surface area contributed by atoms with Crippen LogP contribution in [0.5, 0.6) is 0 Å². The predicted octanol–water partition coefficient (Wildman–Crippen LogP) is 0.993. The van der Waals surface area contributed by atoms with E-state index < -0.39 is 0 Å². The topological polar surface area (TPSA) is 61.4 Å². The van der Waals surface area contributed by atoms with E-state index in [1.165, 1.54) is 37.0 Å². The van der Waals surface area contributed by atoms with Crippen molar-refractivity contribution in [3.05, 3.63) is 0 Å². The Morgan fingerprint density at radius 1 is 1.17 bits per heavy atom. The lowest BCUT2D eigenvalue weighted by atomic mass is 9.74. The second-order valence-electron chi connectivity index (χ2n) is 5.84. The summed E-state index contributed by atoms with van der Waals surface area (Å²) < 4.78 is 0. The minimum atomic E-state index is -0.196. The van der Waals surface area contributed by atoms with Gasteiger partial charge in [-0.25, -0.2) is 4.79 Å². The Bertz CT molecular complexity index is 342.